The number of fused-ring (bicyclic) bond motifs is 1. The van der Waals surface area contributed by atoms with E-state index in [-0.39, 0.29) is 17.0 Å². The largest absolute Gasteiger partial charge is 0.383 e. The third kappa shape index (κ3) is 3.47. The van der Waals surface area contributed by atoms with Crippen molar-refractivity contribution in [3.8, 4) is 28.5 Å². The number of nitrogens with zero attached hydrogens (tertiary/aromatic N) is 3. The Morgan fingerprint density at radius 2 is 1.75 bits per heavy atom. The van der Waals surface area contributed by atoms with Crippen LogP contribution in [0.2, 0.25) is 0 Å². The number of benzene rings is 2. The van der Waals surface area contributed by atoms with Gasteiger partial charge in [0.2, 0.25) is 0 Å². The van der Waals surface area contributed by atoms with Crippen molar-refractivity contribution in [3.63, 3.8) is 0 Å². The second-order valence-electron chi connectivity index (χ2n) is 8.98. The first-order valence-electron chi connectivity index (χ1n) is 10.6. The normalized spacial score (nSPS) is 14.9. The van der Waals surface area contributed by atoms with E-state index in [1.165, 1.54) is 12.1 Å². The van der Waals surface area contributed by atoms with Gasteiger partial charge in [-0.05, 0) is 42.2 Å². The summed E-state index contributed by atoms with van der Waals surface area (Å²) in [6.45, 7) is 4.14. The highest BCUT2D eigenvalue weighted by Crippen LogP contribution is 2.37. The number of rotatable bonds is 3. The number of Topliss-reactive ketones (excluding diaryl/α,β-unsaturated/α-hetero) is 1. The number of nitrogens with two attached hydrogens (primary N) is 1. The predicted octanol–water partition coefficient (Wildman–Crippen LogP) is 5.48. The number of imidazole rings is 1. The fourth-order valence-corrected chi connectivity index (χ4v) is 4.35. The molecule has 2 N–H and O–H groups in total. The van der Waals surface area contributed by atoms with Gasteiger partial charge in [0.15, 0.2) is 11.6 Å². The van der Waals surface area contributed by atoms with E-state index in [4.69, 9.17) is 15.7 Å². The summed E-state index contributed by atoms with van der Waals surface area (Å²) >= 11 is 0. The molecule has 1 aliphatic carbocycles. The van der Waals surface area contributed by atoms with E-state index < -0.39 is 0 Å². The van der Waals surface area contributed by atoms with Crippen LogP contribution < -0.4 is 5.73 Å². The molecule has 4 aromatic rings. The van der Waals surface area contributed by atoms with Crippen LogP contribution in [-0.4, -0.2) is 20.3 Å². The summed E-state index contributed by atoms with van der Waals surface area (Å²) in [7, 11) is 0. The number of hydrogen-bond donors (Lipinski definition) is 1. The van der Waals surface area contributed by atoms with Crippen molar-refractivity contribution in [1.29, 1.82) is 0 Å². The molecular formula is C26H23FN4O. The third-order valence-corrected chi connectivity index (χ3v) is 5.82. The van der Waals surface area contributed by atoms with Crippen LogP contribution in [-0.2, 0) is 6.42 Å². The lowest BCUT2D eigenvalue weighted by Crippen LogP contribution is -2.28. The minimum atomic E-state index is -0.367. The first-order valence-corrected chi connectivity index (χ1v) is 10.6. The standard InChI is InChI=1S/C26H23FN4O/c1-26(2)14-21-19(22(32)15-26)11-12-20(29-21)25-30-23(16-7-4-3-5-8-16)24(28)31(25)18-10-6-9-17(27)13-18/h3-13H,14-15,28H2,1-2H3. The topological polar surface area (TPSA) is 73.8 Å². The average molecular weight is 426 g/mol. The van der Waals surface area contributed by atoms with Gasteiger partial charge in [-0.2, -0.15) is 0 Å². The van der Waals surface area contributed by atoms with Gasteiger partial charge in [-0.1, -0.05) is 50.2 Å². The minimum Gasteiger partial charge on any atom is -0.383 e. The van der Waals surface area contributed by atoms with E-state index in [1.54, 1.807) is 22.8 Å². The lowest BCUT2D eigenvalue weighted by atomic mass is 9.75. The van der Waals surface area contributed by atoms with Crippen molar-refractivity contribution in [1.82, 2.24) is 14.5 Å². The van der Waals surface area contributed by atoms with Gasteiger partial charge in [0.1, 0.15) is 23.0 Å². The number of nitrogen functional groups attached to an aromatic ring is 1. The molecular weight excluding hydrogens is 403 g/mol. The number of aromatic nitrogens is 3. The highest BCUT2D eigenvalue weighted by Gasteiger charge is 2.32. The van der Waals surface area contributed by atoms with Crippen LogP contribution in [0.1, 0.15) is 36.3 Å². The van der Waals surface area contributed by atoms with Crippen LogP contribution in [0.4, 0.5) is 10.2 Å². The number of ketones is 1. The van der Waals surface area contributed by atoms with Crippen LogP contribution in [0, 0.1) is 11.2 Å². The zero-order valence-electron chi connectivity index (χ0n) is 18.0. The van der Waals surface area contributed by atoms with Gasteiger partial charge in [-0.3, -0.25) is 9.36 Å². The zero-order valence-corrected chi connectivity index (χ0v) is 18.0. The second-order valence-corrected chi connectivity index (χ2v) is 8.98. The molecule has 0 saturated carbocycles. The van der Waals surface area contributed by atoms with Gasteiger partial charge in [0.25, 0.3) is 0 Å². The van der Waals surface area contributed by atoms with Gasteiger partial charge in [-0.15, -0.1) is 0 Å². The molecule has 0 amide bonds. The number of halogens is 1. The fourth-order valence-electron chi connectivity index (χ4n) is 4.35. The Morgan fingerprint density at radius 3 is 2.50 bits per heavy atom. The average Bonchev–Trinajstić information content (AvgIpc) is 3.10. The van der Waals surface area contributed by atoms with Crippen LogP contribution in [0.25, 0.3) is 28.5 Å². The lowest BCUT2D eigenvalue weighted by Gasteiger charge is -2.29. The smallest absolute Gasteiger partial charge is 0.165 e. The predicted molar refractivity (Wildman–Crippen MR) is 123 cm³/mol. The summed E-state index contributed by atoms with van der Waals surface area (Å²) in [6.07, 6.45) is 1.20. The molecule has 0 saturated heterocycles. The number of hydrogen-bond acceptors (Lipinski definition) is 4. The van der Waals surface area contributed by atoms with E-state index in [0.29, 0.717) is 47.1 Å². The Labute approximate surface area is 185 Å². The van der Waals surface area contributed by atoms with E-state index in [1.807, 2.05) is 36.4 Å². The van der Waals surface area contributed by atoms with E-state index in [2.05, 4.69) is 13.8 Å². The number of carbonyl (C=O) groups is 1. The molecule has 0 bridgehead atoms. The SMILES string of the molecule is CC1(C)CC(=O)c2ccc(-c3nc(-c4ccccc4)c(N)n3-c3cccc(F)c3)nc2C1. The Balaban J connectivity index is 1.73. The maximum atomic E-state index is 14.1. The van der Waals surface area contributed by atoms with Crippen molar-refractivity contribution in [2.75, 3.05) is 5.73 Å². The zero-order chi connectivity index (χ0) is 22.5. The van der Waals surface area contributed by atoms with Crippen molar-refractivity contribution in [2.45, 2.75) is 26.7 Å². The molecule has 0 spiro atoms. The molecule has 2 aromatic heterocycles. The number of carbonyl (C=O) groups excluding carboxylic acids is 1. The van der Waals surface area contributed by atoms with Crippen LogP contribution >= 0.6 is 0 Å². The van der Waals surface area contributed by atoms with Crippen molar-refractivity contribution in [3.05, 3.63) is 83.8 Å². The molecule has 2 heterocycles. The first kappa shape index (κ1) is 20.1. The highest BCUT2D eigenvalue weighted by atomic mass is 19.1. The molecule has 160 valence electrons. The maximum absolute atomic E-state index is 14.1. The number of anilines is 1. The quantitative estimate of drug-likeness (QED) is 0.471. The fraction of sp³-hybridized carbons (Fsp3) is 0.192. The molecule has 5 rings (SSSR count). The molecule has 2 aromatic carbocycles. The van der Waals surface area contributed by atoms with Gasteiger partial charge in [-0.25, -0.2) is 14.4 Å². The number of pyridine rings is 1. The van der Waals surface area contributed by atoms with Gasteiger partial charge in [0.05, 0.1) is 11.4 Å². The summed E-state index contributed by atoms with van der Waals surface area (Å²) in [5.41, 5.74) is 10.4. The monoisotopic (exact) mass is 426 g/mol. The van der Waals surface area contributed by atoms with Gasteiger partial charge < -0.3 is 5.73 Å². The second kappa shape index (κ2) is 7.41. The molecule has 5 nitrogen and oxygen atoms in total. The molecule has 32 heavy (non-hydrogen) atoms. The van der Waals surface area contributed by atoms with Crippen LogP contribution in [0.3, 0.4) is 0 Å². The Bertz CT molecular complexity index is 1340. The molecule has 0 fully saturated rings. The van der Waals surface area contributed by atoms with Crippen LogP contribution in [0.15, 0.2) is 66.7 Å². The Hall–Kier alpha value is -3.80. The van der Waals surface area contributed by atoms with Gasteiger partial charge in [0, 0.05) is 17.5 Å². The molecule has 0 atom stereocenters. The van der Waals surface area contributed by atoms with E-state index in [0.717, 1.165) is 11.3 Å². The summed E-state index contributed by atoms with van der Waals surface area (Å²) in [4.78, 5) is 22.3. The van der Waals surface area contributed by atoms with E-state index in [9.17, 15) is 9.18 Å². The highest BCUT2D eigenvalue weighted by molar-refractivity contribution is 5.98. The third-order valence-electron chi connectivity index (χ3n) is 5.82. The van der Waals surface area contributed by atoms with Gasteiger partial charge >= 0.3 is 0 Å². The maximum Gasteiger partial charge on any atom is 0.165 e. The minimum absolute atomic E-state index is 0.105. The molecule has 0 radical (unpaired) electrons. The summed E-state index contributed by atoms with van der Waals surface area (Å²) in [5, 5.41) is 0. The molecule has 0 unspecified atom stereocenters. The van der Waals surface area contributed by atoms with Crippen molar-refractivity contribution >= 4 is 11.6 Å². The lowest BCUT2D eigenvalue weighted by molar-refractivity contribution is 0.0910. The summed E-state index contributed by atoms with van der Waals surface area (Å²) in [5.74, 6) is 0.639. The van der Waals surface area contributed by atoms with E-state index >= 15 is 0 Å². The molecule has 0 aliphatic heterocycles. The summed E-state index contributed by atoms with van der Waals surface area (Å²) in [6, 6.07) is 19.5. The molecule has 1 aliphatic rings. The summed E-state index contributed by atoms with van der Waals surface area (Å²) < 4.78 is 15.8. The first-order chi connectivity index (χ1) is 15.3. The van der Waals surface area contributed by atoms with Crippen molar-refractivity contribution in [2.24, 2.45) is 5.41 Å². The molecule has 6 heteroatoms. The van der Waals surface area contributed by atoms with Crippen LogP contribution in [0.5, 0.6) is 0 Å². The Morgan fingerprint density at radius 1 is 0.969 bits per heavy atom. The Kier molecular flexibility index (Phi) is 4.66. The van der Waals surface area contributed by atoms with Crippen molar-refractivity contribution < 1.29 is 9.18 Å².